The number of carbonyl (C=O) groups excluding carboxylic acids is 1. The molecule has 0 atom stereocenters. The molecule has 0 spiro atoms. The quantitative estimate of drug-likeness (QED) is 0.833. The van der Waals surface area contributed by atoms with Crippen LogP contribution in [-0.2, 0) is 6.54 Å². The molecule has 0 bridgehead atoms. The van der Waals surface area contributed by atoms with Crippen molar-refractivity contribution in [1.82, 2.24) is 4.90 Å². The average molecular weight is 271 g/mol. The van der Waals surface area contributed by atoms with Gasteiger partial charge < -0.3 is 4.90 Å². The molecule has 0 radical (unpaired) electrons. The van der Waals surface area contributed by atoms with Gasteiger partial charge in [0.25, 0.3) is 5.91 Å². The highest BCUT2D eigenvalue weighted by Crippen LogP contribution is 2.14. The van der Waals surface area contributed by atoms with Gasteiger partial charge in [0.05, 0.1) is 5.56 Å². The fourth-order valence-electron chi connectivity index (χ4n) is 2.04. The Bertz CT molecular complexity index is 619. The largest absolute Gasteiger partial charge is 0.337 e. The first-order chi connectivity index (χ1) is 9.47. The normalized spacial score (nSPS) is 10.4. The summed E-state index contributed by atoms with van der Waals surface area (Å²) in [5.74, 6) is -0.770. The van der Waals surface area contributed by atoms with E-state index in [-0.39, 0.29) is 11.5 Å². The number of nitrogens with zero attached hydrogens (tertiary/aromatic N) is 1. The lowest BCUT2D eigenvalue weighted by atomic mass is 10.1. The van der Waals surface area contributed by atoms with Gasteiger partial charge in [0.15, 0.2) is 0 Å². The molecular weight excluding hydrogens is 253 g/mol. The van der Waals surface area contributed by atoms with Crippen LogP contribution in [0.15, 0.2) is 42.5 Å². The van der Waals surface area contributed by atoms with Gasteiger partial charge in [-0.05, 0) is 37.1 Å². The van der Waals surface area contributed by atoms with Crippen molar-refractivity contribution in [3.05, 3.63) is 70.5 Å². The van der Waals surface area contributed by atoms with Gasteiger partial charge in [0.1, 0.15) is 5.82 Å². The molecule has 2 nitrogen and oxygen atoms in total. The molecule has 0 aliphatic rings. The Labute approximate surface area is 118 Å². The summed E-state index contributed by atoms with van der Waals surface area (Å²) in [7, 11) is 1.68. The number of rotatable bonds is 3. The summed E-state index contributed by atoms with van der Waals surface area (Å²) in [6, 6.07) is 12.6. The topological polar surface area (TPSA) is 20.3 Å². The third-order valence-corrected chi connectivity index (χ3v) is 3.24. The Morgan fingerprint density at radius 2 is 1.65 bits per heavy atom. The molecule has 20 heavy (non-hydrogen) atoms. The summed E-state index contributed by atoms with van der Waals surface area (Å²) < 4.78 is 13.8. The first kappa shape index (κ1) is 14.3. The van der Waals surface area contributed by atoms with Crippen molar-refractivity contribution >= 4 is 5.91 Å². The van der Waals surface area contributed by atoms with Crippen molar-refractivity contribution in [3.8, 4) is 0 Å². The van der Waals surface area contributed by atoms with Crippen LogP contribution in [-0.4, -0.2) is 17.9 Å². The van der Waals surface area contributed by atoms with Gasteiger partial charge in [-0.3, -0.25) is 4.79 Å². The van der Waals surface area contributed by atoms with Gasteiger partial charge in [-0.15, -0.1) is 0 Å². The number of amides is 1. The molecule has 104 valence electrons. The van der Waals surface area contributed by atoms with E-state index in [1.807, 2.05) is 31.2 Å². The van der Waals surface area contributed by atoms with Crippen molar-refractivity contribution in [1.29, 1.82) is 0 Å². The lowest BCUT2D eigenvalue weighted by Crippen LogP contribution is -2.27. The van der Waals surface area contributed by atoms with E-state index in [2.05, 4.69) is 0 Å². The summed E-state index contributed by atoms with van der Waals surface area (Å²) in [5, 5.41) is 0. The lowest BCUT2D eigenvalue weighted by molar-refractivity contribution is 0.0780. The van der Waals surface area contributed by atoms with E-state index in [4.69, 9.17) is 0 Å². The molecule has 0 heterocycles. The maximum absolute atomic E-state index is 13.8. The van der Waals surface area contributed by atoms with Crippen LogP contribution in [0.3, 0.4) is 0 Å². The second-order valence-electron chi connectivity index (χ2n) is 5.13. The van der Waals surface area contributed by atoms with Gasteiger partial charge in [-0.1, -0.05) is 35.9 Å². The summed E-state index contributed by atoms with van der Waals surface area (Å²) in [4.78, 5) is 13.8. The maximum Gasteiger partial charge on any atom is 0.256 e. The fourth-order valence-corrected chi connectivity index (χ4v) is 2.04. The summed E-state index contributed by atoms with van der Waals surface area (Å²) >= 11 is 0. The second kappa shape index (κ2) is 5.87. The van der Waals surface area contributed by atoms with Gasteiger partial charge in [-0.2, -0.15) is 0 Å². The molecule has 2 aromatic carbocycles. The molecule has 0 aliphatic carbocycles. The van der Waals surface area contributed by atoms with Crippen LogP contribution < -0.4 is 0 Å². The summed E-state index contributed by atoms with van der Waals surface area (Å²) in [6.07, 6.45) is 0. The summed E-state index contributed by atoms with van der Waals surface area (Å²) in [6.45, 7) is 4.28. The standard InChI is InChI=1S/C17H18FNO/c1-12-4-7-14(8-5-12)11-19(3)17(20)15-9-6-13(2)10-16(15)18/h4-10H,11H2,1-3H3. The number of aryl methyl sites for hydroxylation is 2. The van der Waals surface area contributed by atoms with Crippen LogP contribution in [0.1, 0.15) is 27.0 Å². The zero-order chi connectivity index (χ0) is 14.7. The van der Waals surface area contributed by atoms with Crippen LogP contribution in [0.25, 0.3) is 0 Å². The Morgan fingerprint density at radius 3 is 2.25 bits per heavy atom. The third-order valence-electron chi connectivity index (χ3n) is 3.24. The van der Waals surface area contributed by atoms with Gasteiger partial charge in [0.2, 0.25) is 0 Å². The van der Waals surface area contributed by atoms with E-state index in [0.717, 1.165) is 11.1 Å². The number of hydrogen-bond acceptors (Lipinski definition) is 1. The highest BCUT2D eigenvalue weighted by atomic mass is 19.1. The van der Waals surface area contributed by atoms with Crippen molar-refractivity contribution < 1.29 is 9.18 Å². The third kappa shape index (κ3) is 3.23. The average Bonchev–Trinajstić information content (AvgIpc) is 2.40. The number of hydrogen-bond donors (Lipinski definition) is 0. The highest BCUT2D eigenvalue weighted by molar-refractivity contribution is 5.94. The second-order valence-corrected chi connectivity index (χ2v) is 5.13. The predicted molar refractivity (Wildman–Crippen MR) is 78.1 cm³/mol. The molecule has 1 amide bonds. The van der Waals surface area contributed by atoms with Crippen molar-refractivity contribution in [3.63, 3.8) is 0 Å². The summed E-state index contributed by atoms with van der Waals surface area (Å²) in [5.41, 5.74) is 3.12. The van der Waals surface area contributed by atoms with E-state index in [1.165, 1.54) is 16.5 Å². The van der Waals surface area contributed by atoms with Gasteiger partial charge in [0, 0.05) is 13.6 Å². The molecule has 0 saturated heterocycles. The smallest absolute Gasteiger partial charge is 0.256 e. The Kier molecular flexibility index (Phi) is 4.18. The maximum atomic E-state index is 13.8. The first-order valence-electron chi connectivity index (χ1n) is 6.54. The van der Waals surface area contributed by atoms with Crippen molar-refractivity contribution in [2.75, 3.05) is 7.05 Å². The minimum Gasteiger partial charge on any atom is -0.337 e. The van der Waals surface area contributed by atoms with Crippen molar-refractivity contribution in [2.45, 2.75) is 20.4 Å². The van der Waals surface area contributed by atoms with Crippen molar-refractivity contribution in [2.24, 2.45) is 0 Å². The Balaban J connectivity index is 2.14. The van der Waals surface area contributed by atoms with E-state index in [9.17, 15) is 9.18 Å². The fraction of sp³-hybridized carbons (Fsp3) is 0.235. The highest BCUT2D eigenvalue weighted by Gasteiger charge is 2.16. The molecule has 0 aromatic heterocycles. The Morgan fingerprint density at radius 1 is 1.05 bits per heavy atom. The number of carbonyl (C=O) groups is 1. The lowest BCUT2D eigenvalue weighted by Gasteiger charge is -2.18. The minimum absolute atomic E-state index is 0.116. The molecule has 0 N–H and O–H groups in total. The zero-order valence-corrected chi connectivity index (χ0v) is 12.0. The molecular formula is C17H18FNO. The molecule has 0 fully saturated rings. The molecule has 0 unspecified atom stereocenters. The SMILES string of the molecule is Cc1ccc(CN(C)C(=O)c2ccc(C)cc2F)cc1. The molecule has 2 aromatic rings. The van der Waals surface area contributed by atoms with Crippen LogP contribution in [0.4, 0.5) is 4.39 Å². The van der Waals surface area contributed by atoms with Crippen LogP contribution in [0.5, 0.6) is 0 Å². The molecule has 3 heteroatoms. The number of halogens is 1. The zero-order valence-electron chi connectivity index (χ0n) is 12.0. The van der Waals surface area contributed by atoms with E-state index in [0.29, 0.717) is 6.54 Å². The van der Waals surface area contributed by atoms with Crippen LogP contribution in [0.2, 0.25) is 0 Å². The van der Waals surface area contributed by atoms with E-state index < -0.39 is 5.82 Å². The predicted octanol–water partition coefficient (Wildman–Crippen LogP) is 3.71. The molecule has 0 aliphatic heterocycles. The van der Waals surface area contributed by atoms with Gasteiger partial charge in [-0.25, -0.2) is 4.39 Å². The monoisotopic (exact) mass is 271 g/mol. The first-order valence-corrected chi connectivity index (χ1v) is 6.54. The minimum atomic E-state index is -0.467. The number of benzene rings is 2. The van der Waals surface area contributed by atoms with Crippen LogP contribution in [0, 0.1) is 19.7 Å². The van der Waals surface area contributed by atoms with E-state index in [1.54, 1.807) is 26.1 Å². The molecule has 0 saturated carbocycles. The van der Waals surface area contributed by atoms with E-state index >= 15 is 0 Å². The van der Waals surface area contributed by atoms with Gasteiger partial charge >= 0.3 is 0 Å². The van der Waals surface area contributed by atoms with Crippen LogP contribution >= 0.6 is 0 Å². The Hall–Kier alpha value is -2.16. The molecule has 2 rings (SSSR count).